The molecule has 0 atom stereocenters. The highest BCUT2D eigenvalue weighted by Gasteiger charge is 2.34. The number of nitrogens with one attached hydrogen (secondary N) is 2. The quantitative estimate of drug-likeness (QED) is 0.691. The number of rotatable bonds is 5. The van der Waals surface area contributed by atoms with Crippen molar-refractivity contribution in [2.75, 3.05) is 32.1 Å². The van der Waals surface area contributed by atoms with Crippen molar-refractivity contribution in [2.45, 2.75) is 0 Å². The SMILES string of the molecule is COC(=O)C1=C(Nc2cccc3c(Cl)[nH]nc23)C(=O)N(CCO)C1. The number of hydrogen-bond acceptors (Lipinski definition) is 6. The van der Waals surface area contributed by atoms with Gasteiger partial charge in [0.2, 0.25) is 0 Å². The number of nitrogens with zero attached hydrogens (tertiary/aromatic N) is 2. The fourth-order valence-corrected chi connectivity index (χ4v) is 2.79. The van der Waals surface area contributed by atoms with E-state index < -0.39 is 5.97 Å². The van der Waals surface area contributed by atoms with Gasteiger partial charge >= 0.3 is 5.97 Å². The molecular weight excluding hydrogens is 336 g/mol. The van der Waals surface area contributed by atoms with Crippen LogP contribution in [0.5, 0.6) is 0 Å². The van der Waals surface area contributed by atoms with Crippen LogP contribution in [0.2, 0.25) is 5.15 Å². The van der Waals surface area contributed by atoms with Crippen LogP contribution in [0.25, 0.3) is 10.9 Å². The molecule has 0 saturated heterocycles. The number of aliphatic hydroxyl groups excluding tert-OH is 1. The van der Waals surface area contributed by atoms with Crippen molar-refractivity contribution in [3.63, 3.8) is 0 Å². The van der Waals surface area contributed by atoms with Gasteiger partial charge in [0.25, 0.3) is 5.91 Å². The number of aliphatic hydroxyl groups is 1. The zero-order valence-electron chi connectivity index (χ0n) is 12.8. The third-order valence-electron chi connectivity index (χ3n) is 3.75. The monoisotopic (exact) mass is 350 g/mol. The van der Waals surface area contributed by atoms with E-state index in [1.807, 2.05) is 0 Å². The predicted molar refractivity (Wildman–Crippen MR) is 87.4 cm³/mol. The third kappa shape index (κ3) is 2.70. The number of aromatic nitrogens is 2. The average Bonchev–Trinajstić information content (AvgIpc) is 3.11. The average molecular weight is 351 g/mol. The summed E-state index contributed by atoms with van der Waals surface area (Å²) in [6.07, 6.45) is 0. The van der Waals surface area contributed by atoms with Crippen LogP contribution in [0.1, 0.15) is 0 Å². The summed E-state index contributed by atoms with van der Waals surface area (Å²) >= 11 is 6.02. The van der Waals surface area contributed by atoms with Gasteiger partial charge in [-0.1, -0.05) is 17.7 Å². The number of amides is 1. The number of hydrogen-bond donors (Lipinski definition) is 3. The number of carbonyl (C=O) groups is 2. The number of H-pyrrole nitrogens is 1. The Hall–Kier alpha value is -2.58. The Morgan fingerprint density at radius 1 is 1.54 bits per heavy atom. The van der Waals surface area contributed by atoms with E-state index in [9.17, 15) is 9.59 Å². The number of β-amino-alcohol motifs (C(OH)–C–C–N with tert-alkyl or cyclic N) is 1. The normalized spacial score (nSPS) is 14.6. The molecule has 3 rings (SSSR count). The molecule has 1 amide bonds. The molecule has 0 unspecified atom stereocenters. The van der Waals surface area contributed by atoms with E-state index >= 15 is 0 Å². The molecule has 1 aromatic heterocycles. The van der Waals surface area contributed by atoms with Crippen LogP contribution in [0.15, 0.2) is 29.5 Å². The van der Waals surface area contributed by atoms with Crippen molar-refractivity contribution in [1.82, 2.24) is 15.1 Å². The molecule has 0 radical (unpaired) electrons. The van der Waals surface area contributed by atoms with Crippen LogP contribution >= 0.6 is 11.6 Å². The molecule has 2 heterocycles. The van der Waals surface area contributed by atoms with E-state index in [4.69, 9.17) is 21.4 Å². The van der Waals surface area contributed by atoms with E-state index in [0.29, 0.717) is 21.7 Å². The maximum atomic E-state index is 12.5. The molecule has 1 aliphatic rings. The van der Waals surface area contributed by atoms with Crippen LogP contribution < -0.4 is 5.32 Å². The van der Waals surface area contributed by atoms with E-state index in [-0.39, 0.29) is 36.9 Å². The Morgan fingerprint density at radius 3 is 3.04 bits per heavy atom. The van der Waals surface area contributed by atoms with Crippen LogP contribution in [-0.2, 0) is 14.3 Å². The van der Waals surface area contributed by atoms with Gasteiger partial charge in [0.1, 0.15) is 16.4 Å². The molecule has 0 saturated carbocycles. The van der Waals surface area contributed by atoms with E-state index in [0.717, 1.165) is 0 Å². The van der Waals surface area contributed by atoms with Gasteiger partial charge in [-0.3, -0.25) is 9.89 Å². The highest BCUT2D eigenvalue weighted by molar-refractivity contribution is 6.34. The minimum absolute atomic E-state index is 0.0751. The van der Waals surface area contributed by atoms with Gasteiger partial charge in [-0.2, -0.15) is 5.10 Å². The lowest BCUT2D eigenvalue weighted by atomic mass is 10.2. The van der Waals surface area contributed by atoms with Crippen LogP contribution in [0, 0.1) is 0 Å². The number of fused-ring (bicyclic) bond motifs is 1. The topological polar surface area (TPSA) is 108 Å². The Bertz CT molecular complexity index is 845. The van der Waals surface area contributed by atoms with Gasteiger partial charge in [0, 0.05) is 11.9 Å². The first-order valence-corrected chi connectivity index (χ1v) is 7.55. The molecule has 0 aliphatic carbocycles. The molecule has 8 nitrogen and oxygen atoms in total. The molecule has 24 heavy (non-hydrogen) atoms. The van der Waals surface area contributed by atoms with Crippen molar-refractivity contribution in [1.29, 1.82) is 0 Å². The number of methoxy groups -OCH3 is 1. The van der Waals surface area contributed by atoms with Gasteiger partial charge in [0.15, 0.2) is 0 Å². The summed E-state index contributed by atoms with van der Waals surface area (Å²) < 4.78 is 4.75. The van der Waals surface area contributed by atoms with Crippen molar-refractivity contribution >= 4 is 40.1 Å². The highest BCUT2D eigenvalue weighted by Crippen LogP contribution is 2.29. The minimum Gasteiger partial charge on any atom is -0.466 e. The number of ether oxygens (including phenoxy) is 1. The van der Waals surface area contributed by atoms with Gasteiger partial charge in [-0.25, -0.2) is 4.79 Å². The number of halogens is 1. The number of aromatic amines is 1. The van der Waals surface area contributed by atoms with Crippen molar-refractivity contribution in [3.05, 3.63) is 34.6 Å². The Kier molecular flexibility index (Phi) is 4.41. The zero-order valence-corrected chi connectivity index (χ0v) is 13.6. The van der Waals surface area contributed by atoms with Crippen molar-refractivity contribution in [2.24, 2.45) is 0 Å². The Balaban J connectivity index is 2.01. The van der Waals surface area contributed by atoms with Crippen LogP contribution in [0.3, 0.4) is 0 Å². The summed E-state index contributed by atoms with van der Waals surface area (Å²) in [6, 6.07) is 5.27. The van der Waals surface area contributed by atoms with Gasteiger partial charge in [-0.15, -0.1) is 0 Å². The molecule has 1 aromatic carbocycles. The number of benzene rings is 1. The maximum Gasteiger partial charge on any atom is 0.337 e. The first-order valence-electron chi connectivity index (χ1n) is 7.18. The fourth-order valence-electron chi connectivity index (χ4n) is 2.59. The van der Waals surface area contributed by atoms with Gasteiger partial charge < -0.3 is 20.1 Å². The number of para-hydroxylation sites is 1. The second-order valence-corrected chi connectivity index (χ2v) is 5.54. The lowest BCUT2D eigenvalue weighted by Gasteiger charge is -2.15. The van der Waals surface area contributed by atoms with E-state index in [1.165, 1.54) is 12.0 Å². The first-order chi connectivity index (χ1) is 11.6. The maximum absolute atomic E-state index is 12.5. The summed E-state index contributed by atoms with van der Waals surface area (Å²) in [4.78, 5) is 25.8. The molecular formula is C15H15ClN4O4. The summed E-state index contributed by atoms with van der Waals surface area (Å²) in [5.74, 6) is -0.985. The summed E-state index contributed by atoms with van der Waals surface area (Å²) in [6.45, 7) is 0.00662. The largest absolute Gasteiger partial charge is 0.466 e. The Labute approximate surface area is 142 Å². The molecule has 9 heteroatoms. The molecule has 126 valence electrons. The molecule has 2 aromatic rings. The zero-order chi connectivity index (χ0) is 17.3. The van der Waals surface area contributed by atoms with Crippen LogP contribution in [0.4, 0.5) is 5.69 Å². The molecule has 0 spiro atoms. The fraction of sp³-hybridized carbons (Fsp3) is 0.267. The summed E-state index contributed by atoms with van der Waals surface area (Å²) in [5.41, 5.74) is 1.40. The smallest absolute Gasteiger partial charge is 0.337 e. The van der Waals surface area contributed by atoms with Gasteiger partial charge in [0.05, 0.1) is 31.5 Å². The third-order valence-corrected chi connectivity index (χ3v) is 4.04. The minimum atomic E-state index is -0.599. The first kappa shape index (κ1) is 16.3. The second-order valence-electron chi connectivity index (χ2n) is 5.16. The van der Waals surface area contributed by atoms with Crippen molar-refractivity contribution < 1.29 is 19.4 Å². The molecule has 3 N–H and O–H groups in total. The van der Waals surface area contributed by atoms with Crippen LogP contribution in [-0.4, -0.2) is 58.9 Å². The molecule has 0 fully saturated rings. The molecule has 1 aliphatic heterocycles. The van der Waals surface area contributed by atoms with Crippen molar-refractivity contribution in [3.8, 4) is 0 Å². The lowest BCUT2D eigenvalue weighted by molar-refractivity contribution is -0.136. The van der Waals surface area contributed by atoms with E-state index in [2.05, 4.69) is 15.5 Å². The summed E-state index contributed by atoms with van der Waals surface area (Å²) in [7, 11) is 1.25. The van der Waals surface area contributed by atoms with Gasteiger partial charge in [-0.05, 0) is 12.1 Å². The number of anilines is 1. The summed E-state index contributed by atoms with van der Waals surface area (Å²) in [5, 5.41) is 19.9. The highest BCUT2D eigenvalue weighted by atomic mass is 35.5. The number of carbonyl (C=O) groups excluding carboxylic acids is 2. The Morgan fingerprint density at radius 2 is 2.33 bits per heavy atom. The standard InChI is InChI=1S/C15H15ClN4O4/c1-24-15(23)9-7-20(5-6-21)14(22)12(9)17-10-4-2-3-8-11(10)18-19-13(8)16/h2-4,17,21H,5-7H2,1H3,(H,18,19). The predicted octanol–water partition coefficient (Wildman–Crippen LogP) is 0.890. The van der Waals surface area contributed by atoms with E-state index in [1.54, 1.807) is 18.2 Å². The number of esters is 1. The molecule has 0 bridgehead atoms. The second kappa shape index (κ2) is 6.50. The lowest BCUT2D eigenvalue weighted by Crippen LogP contribution is -2.31.